The molecule has 0 heterocycles. The first-order valence-corrected chi connectivity index (χ1v) is 8.86. The van der Waals surface area contributed by atoms with Gasteiger partial charge in [-0.2, -0.15) is 8.42 Å². The molecule has 0 aromatic heterocycles. The van der Waals surface area contributed by atoms with E-state index in [1.54, 1.807) is 0 Å². The van der Waals surface area contributed by atoms with E-state index in [1.165, 1.54) is 19.3 Å². The van der Waals surface area contributed by atoms with Crippen molar-refractivity contribution in [2.45, 2.75) is 59.8 Å². The van der Waals surface area contributed by atoms with E-state index in [0.29, 0.717) is 12.5 Å². The maximum Gasteiger partial charge on any atom is 0.264 e. The normalized spacial score (nSPS) is 15.9. The zero-order chi connectivity index (χ0) is 14.2. The molecule has 0 aliphatic heterocycles. The Morgan fingerprint density at radius 1 is 0.889 bits per heavy atom. The van der Waals surface area contributed by atoms with Crippen LogP contribution < -0.4 is 0 Å². The summed E-state index contributed by atoms with van der Waals surface area (Å²) in [6.45, 7) is 9.17. The lowest BCUT2D eigenvalue weighted by molar-refractivity contribution is 0.248. The highest BCUT2D eigenvalue weighted by Gasteiger charge is 2.10. The molecule has 0 bridgehead atoms. The predicted octanol–water partition coefficient (Wildman–Crippen LogP) is 3.84. The molecule has 0 aliphatic carbocycles. The molecule has 0 rings (SSSR count). The highest BCUT2D eigenvalue weighted by Crippen LogP contribution is 2.19. The summed E-state index contributed by atoms with van der Waals surface area (Å²) in [4.78, 5) is 0. The molecule has 0 amide bonds. The Morgan fingerprint density at radius 3 is 1.94 bits per heavy atom. The average molecular weight is 278 g/mol. The number of rotatable bonds is 10. The molecule has 0 aliphatic rings. The van der Waals surface area contributed by atoms with Crippen LogP contribution in [0.4, 0.5) is 0 Å². The van der Waals surface area contributed by atoms with Gasteiger partial charge < -0.3 is 0 Å². The van der Waals surface area contributed by atoms with Gasteiger partial charge in [0.1, 0.15) is 0 Å². The van der Waals surface area contributed by atoms with Crippen LogP contribution in [0.2, 0.25) is 0 Å². The van der Waals surface area contributed by atoms with Crippen LogP contribution in [-0.4, -0.2) is 21.3 Å². The Hall–Kier alpha value is -0.0900. The van der Waals surface area contributed by atoms with Crippen molar-refractivity contribution in [1.82, 2.24) is 0 Å². The maximum atomic E-state index is 10.9. The van der Waals surface area contributed by atoms with Crippen molar-refractivity contribution >= 4 is 10.1 Å². The summed E-state index contributed by atoms with van der Waals surface area (Å²) >= 11 is 0. The first-order valence-electron chi connectivity index (χ1n) is 7.05. The molecule has 110 valence electrons. The highest BCUT2D eigenvalue weighted by molar-refractivity contribution is 7.85. The molecule has 4 heteroatoms. The summed E-state index contributed by atoms with van der Waals surface area (Å²) < 4.78 is 26.5. The van der Waals surface area contributed by atoms with E-state index >= 15 is 0 Å². The summed E-state index contributed by atoms with van der Waals surface area (Å²) in [5, 5.41) is 0. The summed E-state index contributed by atoms with van der Waals surface area (Å²) in [5.74, 6) is 1.83. The molecule has 0 radical (unpaired) electrons. The molecule has 0 aromatic carbocycles. The summed E-state index contributed by atoms with van der Waals surface area (Å²) in [6.07, 6.45) is 7.18. The van der Waals surface area contributed by atoms with Gasteiger partial charge in [-0.3, -0.25) is 4.18 Å². The standard InChI is InChI=1S/C14H30O3S/c1-12(2)7-6-8-13(3)9-10-14(4)11-17-18(5,15)16/h12-14H,6-11H2,1-5H3. The summed E-state index contributed by atoms with van der Waals surface area (Å²) in [7, 11) is -3.28. The second kappa shape index (κ2) is 8.92. The van der Waals surface area contributed by atoms with Crippen LogP contribution in [0.5, 0.6) is 0 Å². The van der Waals surface area contributed by atoms with Gasteiger partial charge in [-0.25, -0.2) is 0 Å². The second-order valence-corrected chi connectivity index (χ2v) is 7.75. The molecule has 2 unspecified atom stereocenters. The van der Waals surface area contributed by atoms with E-state index < -0.39 is 10.1 Å². The van der Waals surface area contributed by atoms with Gasteiger partial charge >= 0.3 is 0 Å². The van der Waals surface area contributed by atoms with E-state index in [9.17, 15) is 8.42 Å². The highest BCUT2D eigenvalue weighted by atomic mass is 32.2. The second-order valence-electron chi connectivity index (χ2n) is 6.10. The van der Waals surface area contributed by atoms with Crippen LogP contribution in [0.25, 0.3) is 0 Å². The van der Waals surface area contributed by atoms with Crippen molar-refractivity contribution in [3.05, 3.63) is 0 Å². The van der Waals surface area contributed by atoms with Crippen molar-refractivity contribution in [2.24, 2.45) is 17.8 Å². The summed E-state index contributed by atoms with van der Waals surface area (Å²) in [6, 6.07) is 0. The lowest BCUT2D eigenvalue weighted by Gasteiger charge is -2.15. The Kier molecular flexibility index (Phi) is 8.87. The fourth-order valence-corrected chi connectivity index (χ4v) is 2.39. The molecule has 0 saturated carbocycles. The molecular formula is C14H30O3S. The van der Waals surface area contributed by atoms with Crippen molar-refractivity contribution in [2.75, 3.05) is 12.9 Å². The van der Waals surface area contributed by atoms with Gasteiger partial charge in [0.15, 0.2) is 0 Å². The van der Waals surface area contributed by atoms with Crippen molar-refractivity contribution in [3.63, 3.8) is 0 Å². The Labute approximate surface area is 113 Å². The maximum absolute atomic E-state index is 10.9. The molecule has 0 fully saturated rings. The first kappa shape index (κ1) is 17.9. The fourth-order valence-electron chi connectivity index (χ4n) is 1.91. The third-order valence-corrected chi connectivity index (χ3v) is 3.76. The van der Waals surface area contributed by atoms with E-state index in [2.05, 4.69) is 20.8 Å². The van der Waals surface area contributed by atoms with E-state index in [1.807, 2.05) is 6.92 Å². The molecule has 0 saturated heterocycles. The van der Waals surface area contributed by atoms with E-state index in [4.69, 9.17) is 4.18 Å². The number of hydrogen-bond donors (Lipinski definition) is 0. The third-order valence-electron chi connectivity index (χ3n) is 3.20. The summed E-state index contributed by atoms with van der Waals surface area (Å²) in [5.41, 5.74) is 0. The molecule has 0 spiro atoms. The lowest BCUT2D eigenvalue weighted by Crippen LogP contribution is -2.12. The van der Waals surface area contributed by atoms with Gasteiger partial charge in [-0.1, -0.05) is 53.4 Å². The minimum Gasteiger partial charge on any atom is -0.270 e. The lowest BCUT2D eigenvalue weighted by atomic mass is 9.93. The monoisotopic (exact) mass is 278 g/mol. The zero-order valence-corrected chi connectivity index (χ0v) is 13.4. The molecule has 2 atom stereocenters. The quantitative estimate of drug-likeness (QED) is 0.570. The van der Waals surface area contributed by atoms with Gasteiger partial charge in [0, 0.05) is 0 Å². The van der Waals surface area contributed by atoms with Gasteiger partial charge in [-0.15, -0.1) is 0 Å². The minimum atomic E-state index is -3.28. The van der Waals surface area contributed by atoms with E-state index in [-0.39, 0.29) is 0 Å². The Bertz CT molecular complexity index is 296. The molecule has 0 N–H and O–H groups in total. The average Bonchev–Trinajstić information content (AvgIpc) is 2.22. The third kappa shape index (κ3) is 12.4. The smallest absolute Gasteiger partial charge is 0.264 e. The fraction of sp³-hybridized carbons (Fsp3) is 1.00. The van der Waals surface area contributed by atoms with Crippen molar-refractivity contribution < 1.29 is 12.6 Å². The molecule has 18 heavy (non-hydrogen) atoms. The van der Waals surface area contributed by atoms with Crippen LogP contribution in [0.15, 0.2) is 0 Å². The largest absolute Gasteiger partial charge is 0.270 e. The first-order chi connectivity index (χ1) is 8.20. The number of hydrogen-bond acceptors (Lipinski definition) is 3. The molecular weight excluding hydrogens is 248 g/mol. The van der Waals surface area contributed by atoms with Crippen LogP contribution in [0.3, 0.4) is 0 Å². The topological polar surface area (TPSA) is 43.4 Å². The van der Waals surface area contributed by atoms with Crippen molar-refractivity contribution in [1.29, 1.82) is 0 Å². The van der Waals surface area contributed by atoms with E-state index in [0.717, 1.165) is 30.9 Å². The predicted molar refractivity (Wildman–Crippen MR) is 77.0 cm³/mol. The van der Waals surface area contributed by atoms with Gasteiger partial charge in [0.2, 0.25) is 0 Å². The van der Waals surface area contributed by atoms with Crippen LogP contribution >= 0.6 is 0 Å². The SMILES string of the molecule is CC(C)CCCC(C)CCC(C)COS(C)(=O)=O. The van der Waals surface area contributed by atoms with Crippen molar-refractivity contribution in [3.8, 4) is 0 Å². The van der Waals surface area contributed by atoms with Crippen LogP contribution in [0, 0.1) is 17.8 Å². The molecule has 3 nitrogen and oxygen atoms in total. The van der Waals surface area contributed by atoms with Gasteiger partial charge in [-0.05, 0) is 24.2 Å². The zero-order valence-electron chi connectivity index (χ0n) is 12.6. The van der Waals surface area contributed by atoms with Gasteiger partial charge in [0.05, 0.1) is 12.9 Å². The van der Waals surface area contributed by atoms with Gasteiger partial charge in [0.25, 0.3) is 10.1 Å². The Morgan fingerprint density at radius 2 is 1.44 bits per heavy atom. The Balaban J connectivity index is 3.62. The molecule has 0 aromatic rings. The van der Waals surface area contributed by atoms with Crippen LogP contribution in [0.1, 0.15) is 59.8 Å². The van der Waals surface area contributed by atoms with Crippen LogP contribution in [-0.2, 0) is 14.3 Å². The minimum absolute atomic E-state index is 0.312.